The molecule has 7 nitrogen and oxygen atoms in total. The highest BCUT2D eigenvalue weighted by Crippen LogP contribution is 2.15. The van der Waals surface area contributed by atoms with E-state index >= 15 is 0 Å². The molecule has 0 aliphatic heterocycles. The van der Waals surface area contributed by atoms with Crippen LogP contribution in [0.1, 0.15) is 10.4 Å². The average Bonchev–Trinajstić information content (AvgIpc) is 2.62. The molecule has 0 radical (unpaired) electrons. The number of hydrogen-bond acceptors (Lipinski definition) is 6. The summed E-state index contributed by atoms with van der Waals surface area (Å²) >= 11 is 0. The number of hydroxylamine groups is 1. The van der Waals surface area contributed by atoms with E-state index in [1.807, 2.05) is 30.3 Å². The molecule has 1 amide bonds. The Morgan fingerprint density at radius 2 is 1.71 bits per heavy atom. The Bertz CT molecular complexity index is 673. The first kappa shape index (κ1) is 17.5. The Labute approximate surface area is 139 Å². The fourth-order valence-electron chi connectivity index (χ4n) is 2.12. The van der Waals surface area contributed by atoms with Gasteiger partial charge in [-0.3, -0.25) is 10.0 Å². The Morgan fingerprint density at radius 1 is 1.04 bits per heavy atom. The van der Waals surface area contributed by atoms with Crippen molar-refractivity contribution in [2.75, 3.05) is 24.6 Å². The van der Waals surface area contributed by atoms with Crippen LogP contribution >= 0.6 is 0 Å². The second-order valence-corrected chi connectivity index (χ2v) is 4.92. The molecule has 24 heavy (non-hydrogen) atoms. The third kappa shape index (κ3) is 4.80. The third-order valence-electron chi connectivity index (χ3n) is 3.26. The van der Waals surface area contributed by atoms with Gasteiger partial charge in [0.15, 0.2) is 0 Å². The molecule has 0 saturated carbocycles. The molecular weight excluding hydrogens is 312 g/mol. The average molecular weight is 330 g/mol. The normalized spacial score (nSPS) is 10.1. The second-order valence-electron chi connectivity index (χ2n) is 4.92. The lowest BCUT2D eigenvalue weighted by Crippen LogP contribution is -2.34. The highest BCUT2D eigenvalue weighted by molar-refractivity contribution is 5.93. The van der Waals surface area contributed by atoms with E-state index in [0.29, 0.717) is 6.54 Å². The summed E-state index contributed by atoms with van der Waals surface area (Å²) in [5.74, 6) is -0.857. The van der Waals surface area contributed by atoms with E-state index in [9.17, 15) is 9.59 Å². The summed E-state index contributed by atoms with van der Waals surface area (Å²) in [4.78, 5) is 25.0. The number of aliphatic hydroxyl groups is 1. The van der Waals surface area contributed by atoms with Crippen LogP contribution in [0.5, 0.6) is 5.75 Å². The Balaban J connectivity index is 1.99. The van der Waals surface area contributed by atoms with E-state index in [-0.39, 0.29) is 24.5 Å². The maximum absolute atomic E-state index is 12.1. The first-order valence-electron chi connectivity index (χ1n) is 7.30. The number of benzene rings is 2. The zero-order chi connectivity index (χ0) is 17.4. The van der Waals surface area contributed by atoms with Crippen LogP contribution < -0.4 is 15.1 Å². The molecule has 0 aliphatic rings. The molecule has 0 fully saturated rings. The lowest BCUT2D eigenvalue weighted by Gasteiger charge is -2.22. The van der Waals surface area contributed by atoms with Gasteiger partial charge in [-0.15, -0.1) is 0 Å². The van der Waals surface area contributed by atoms with Crippen LogP contribution in [-0.2, 0) is 4.79 Å². The molecular formula is C17H18N2O5. The van der Waals surface area contributed by atoms with Crippen LogP contribution in [0.2, 0.25) is 0 Å². The number of anilines is 1. The number of nitrogens with one attached hydrogen (secondary N) is 1. The first-order valence-corrected chi connectivity index (χ1v) is 7.30. The van der Waals surface area contributed by atoms with Crippen molar-refractivity contribution in [3.8, 4) is 5.75 Å². The van der Waals surface area contributed by atoms with Crippen molar-refractivity contribution >= 4 is 17.6 Å². The summed E-state index contributed by atoms with van der Waals surface area (Å²) in [6.07, 6.45) is 0. The van der Waals surface area contributed by atoms with Gasteiger partial charge in [0.05, 0.1) is 6.61 Å². The number of carbonyl (C=O) groups is 2. The van der Waals surface area contributed by atoms with E-state index in [1.165, 1.54) is 29.7 Å². The molecule has 0 atom stereocenters. The Morgan fingerprint density at radius 3 is 2.29 bits per heavy atom. The lowest BCUT2D eigenvalue weighted by molar-refractivity contribution is -0.132. The minimum Gasteiger partial charge on any atom is -0.425 e. The summed E-state index contributed by atoms with van der Waals surface area (Å²) < 4.78 is 5.22. The van der Waals surface area contributed by atoms with E-state index in [4.69, 9.17) is 15.1 Å². The van der Waals surface area contributed by atoms with Gasteiger partial charge >= 0.3 is 5.97 Å². The maximum Gasteiger partial charge on any atom is 0.330 e. The molecule has 3 N–H and O–H groups in total. The lowest BCUT2D eigenvalue weighted by atomic mass is 10.2. The van der Waals surface area contributed by atoms with Gasteiger partial charge in [-0.05, 0) is 36.4 Å². The van der Waals surface area contributed by atoms with Crippen LogP contribution in [0.4, 0.5) is 5.69 Å². The number of carbonyl (C=O) groups excluding carboxylic acids is 2. The zero-order valence-corrected chi connectivity index (χ0v) is 12.9. The van der Waals surface area contributed by atoms with Crippen LogP contribution in [0.15, 0.2) is 54.6 Å². The number of esters is 1. The molecule has 0 unspecified atom stereocenters. The third-order valence-corrected chi connectivity index (χ3v) is 3.26. The number of rotatable bonds is 7. The molecule has 0 heterocycles. The van der Waals surface area contributed by atoms with E-state index in [2.05, 4.69) is 0 Å². The van der Waals surface area contributed by atoms with Gasteiger partial charge in [0, 0.05) is 17.8 Å². The maximum atomic E-state index is 12.1. The summed E-state index contributed by atoms with van der Waals surface area (Å²) in [6.45, 7) is 0.186. The van der Waals surface area contributed by atoms with Crippen molar-refractivity contribution < 1.29 is 24.6 Å². The van der Waals surface area contributed by atoms with Crippen molar-refractivity contribution in [1.82, 2.24) is 5.48 Å². The SMILES string of the molecule is O=C(CN(CCO)c1ccccc1)Oc1ccc(C(=O)NO)cc1. The van der Waals surface area contributed by atoms with Gasteiger partial charge in [0.2, 0.25) is 0 Å². The van der Waals surface area contributed by atoms with Crippen LogP contribution in [-0.4, -0.2) is 41.9 Å². The molecule has 0 aliphatic carbocycles. The summed E-state index contributed by atoms with van der Waals surface area (Å²) in [6, 6.07) is 15.0. The van der Waals surface area contributed by atoms with Gasteiger partial charge in [-0.25, -0.2) is 10.3 Å². The quantitative estimate of drug-likeness (QED) is 0.305. The number of aliphatic hydroxyl groups excluding tert-OH is 1. The fraction of sp³-hybridized carbons (Fsp3) is 0.176. The van der Waals surface area contributed by atoms with E-state index in [1.54, 1.807) is 4.90 Å². The van der Waals surface area contributed by atoms with Crippen LogP contribution in [0, 0.1) is 0 Å². The van der Waals surface area contributed by atoms with E-state index in [0.717, 1.165) is 5.69 Å². The smallest absolute Gasteiger partial charge is 0.330 e. The minimum atomic E-state index is -0.647. The summed E-state index contributed by atoms with van der Waals surface area (Å²) in [7, 11) is 0. The molecule has 0 saturated heterocycles. The molecule has 2 rings (SSSR count). The van der Waals surface area contributed by atoms with Gasteiger partial charge in [-0.2, -0.15) is 0 Å². The topological polar surface area (TPSA) is 99.1 Å². The van der Waals surface area contributed by atoms with Gasteiger partial charge in [0.1, 0.15) is 12.3 Å². The zero-order valence-electron chi connectivity index (χ0n) is 12.9. The molecule has 2 aromatic carbocycles. The van der Waals surface area contributed by atoms with E-state index < -0.39 is 11.9 Å². The molecule has 0 aromatic heterocycles. The van der Waals surface area contributed by atoms with Crippen molar-refractivity contribution in [2.45, 2.75) is 0 Å². The predicted octanol–water partition coefficient (Wildman–Crippen LogP) is 1.21. The Kier molecular flexibility index (Phi) is 6.30. The van der Waals surface area contributed by atoms with Gasteiger partial charge in [-0.1, -0.05) is 18.2 Å². The molecule has 7 heteroatoms. The van der Waals surface area contributed by atoms with Gasteiger partial charge < -0.3 is 14.7 Å². The highest BCUT2D eigenvalue weighted by Gasteiger charge is 2.13. The number of ether oxygens (including phenoxy) is 1. The summed E-state index contributed by atoms with van der Waals surface area (Å²) in [5, 5.41) is 17.7. The van der Waals surface area contributed by atoms with Crippen molar-refractivity contribution in [1.29, 1.82) is 0 Å². The molecule has 126 valence electrons. The molecule has 0 spiro atoms. The molecule has 0 bridgehead atoms. The summed E-state index contributed by atoms with van der Waals surface area (Å²) in [5.41, 5.74) is 2.57. The molecule has 2 aromatic rings. The number of amides is 1. The fourth-order valence-corrected chi connectivity index (χ4v) is 2.12. The minimum absolute atomic E-state index is 0.0244. The van der Waals surface area contributed by atoms with Crippen molar-refractivity contribution in [2.24, 2.45) is 0 Å². The van der Waals surface area contributed by atoms with Crippen molar-refractivity contribution in [3.63, 3.8) is 0 Å². The highest BCUT2D eigenvalue weighted by atomic mass is 16.5. The van der Waals surface area contributed by atoms with Gasteiger partial charge in [0.25, 0.3) is 5.91 Å². The van der Waals surface area contributed by atoms with Crippen LogP contribution in [0.3, 0.4) is 0 Å². The first-order chi connectivity index (χ1) is 11.6. The predicted molar refractivity (Wildman–Crippen MR) is 87.1 cm³/mol. The number of hydrogen-bond donors (Lipinski definition) is 3. The number of nitrogens with zero attached hydrogens (tertiary/aromatic N) is 1. The van der Waals surface area contributed by atoms with Crippen LogP contribution in [0.25, 0.3) is 0 Å². The largest absolute Gasteiger partial charge is 0.425 e. The Hall–Kier alpha value is -2.90. The number of para-hydroxylation sites is 1. The second kappa shape index (κ2) is 8.66. The monoisotopic (exact) mass is 330 g/mol. The van der Waals surface area contributed by atoms with Crippen molar-refractivity contribution in [3.05, 3.63) is 60.2 Å². The standard InChI is InChI=1S/C17H18N2O5/c20-11-10-19(14-4-2-1-3-5-14)12-16(21)24-15-8-6-13(7-9-15)17(22)18-23/h1-9,20,23H,10-12H2,(H,18,22).